The van der Waals surface area contributed by atoms with E-state index in [0.717, 1.165) is 0 Å². The molecule has 0 radical (unpaired) electrons. The van der Waals surface area contributed by atoms with Gasteiger partial charge < -0.3 is 33.9 Å². The Labute approximate surface area is 245 Å². The average molecular weight is 613 g/mol. The summed E-state index contributed by atoms with van der Waals surface area (Å²) in [5.74, 6) is -1.36. The van der Waals surface area contributed by atoms with E-state index in [0.29, 0.717) is 11.2 Å². The smallest absolute Gasteiger partial charge is 0.456 e. The predicted octanol–water partition coefficient (Wildman–Crippen LogP) is 2.04. The van der Waals surface area contributed by atoms with Gasteiger partial charge in [-0.2, -0.15) is 15.4 Å². The molecule has 1 aromatic carbocycles. The van der Waals surface area contributed by atoms with Gasteiger partial charge >= 0.3 is 13.7 Å². The number of rotatable bonds is 9. The third-order valence-electron chi connectivity index (χ3n) is 7.87. The number of nitriles is 1. The highest BCUT2D eigenvalue weighted by Crippen LogP contribution is 2.74. The molecule has 15 nitrogen and oxygen atoms in total. The highest BCUT2D eigenvalue weighted by atomic mass is 31.2. The van der Waals surface area contributed by atoms with E-state index in [-0.39, 0.29) is 24.8 Å². The van der Waals surface area contributed by atoms with Gasteiger partial charge in [0, 0.05) is 0 Å². The van der Waals surface area contributed by atoms with Crippen LogP contribution in [-0.4, -0.2) is 75.1 Å². The van der Waals surface area contributed by atoms with Crippen molar-refractivity contribution in [3.05, 3.63) is 54.5 Å². The second-order valence-electron chi connectivity index (χ2n) is 11.3. The van der Waals surface area contributed by atoms with Crippen molar-refractivity contribution in [1.29, 1.82) is 5.26 Å². The Balaban J connectivity index is 1.21. The summed E-state index contributed by atoms with van der Waals surface area (Å²) >= 11 is 0. The lowest BCUT2D eigenvalue weighted by Gasteiger charge is -2.29. The van der Waals surface area contributed by atoms with Gasteiger partial charge in [0.25, 0.3) is 0 Å². The molecule has 226 valence electrons. The first kappa shape index (κ1) is 28.2. The van der Waals surface area contributed by atoms with Gasteiger partial charge in [-0.3, -0.25) is 9.32 Å². The van der Waals surface area contributed by atoms with Crippen LogP contribution in [0.15, 0.2) is 48.8 Å². The second-order valence-corrected chi connectivity index (χ2v) is 12.9. The van der Waals surface area contributed by atoms with Gasteiger partial charge in [0.2, 0.25) is 5.60 Å². The van der Waals surface area contributed by atoms with Crippen molar-refractivity contribution in [3.63, 3.8) is 0 Å². The molecule has 2 aromatic heterocycles. The van der Waals surface area contributed by atoms with Crippen LogP contribution in [0, 0.1) is 11.3 Å². The van der Waals surface area contributed by atoms with Crippen LogP contribution < -0.4 is 15.3 Å². The molecule has 3 saturated heterocycles. The van der Waals surface area contributed by atoms with E-state index in [1.165, 1.54) is 13.3 Å². The van der Waals surface area contributed by atoms with Gasteiger partial charge in [0.1, 0.15) is 48.0 Å². The van der Waals surface area contributed by atoms with Crippen LogP contribution in [0.25, 0.3) is 5.52 Å². The minimum absolute atomic E-state index is 0.205. The third kappa shape index (κ3) is 4.33. The van der Waals surface area contributed by atoms with Crippen LogP contribution >= 0.6 is 7.75 Å². The van der Waals surface area contributed by atoms with Crippen molar-refractivity contribution >= 4 is 25.1 Å². The lowest BCUT2D eigenvalue weighted by Crippen LogP contribution is -2.43. The highest BCUT2D eigenvalue weighted by molar-refractivity contribution is 7.52. The van der Waals surface area contributed by atoms with Crippen LogP contribution in [0.3, 0.4) is 0 Å². The number of para-hydroxylation sites is 1. The molecule has 1 saturated carbocycles. The topological polar surface area (TPSA) is 191 Å². The fourth-order valence-corrected chi connectivity index (χ4v) is 7.61. The Bertz CT molecular complexity index is 1680. The maximum Gasteiger partial charge on any atom is 0.459 e. The van der Waals surface area contributed by atoms with Crippen molar-refractivity contribution in [2.24, 2.45) is 0 Å². The van der Waals surface area contributed by atoms with E-state index < -0.39 is 61.2 Å². The van der Waals surface area contributed by atoms with Gasteiger partial charge in [0.15, 0.2) is 23.3 Å². The molecule has 16 heteroatoms. The molecule has 1 spiro atoms. The number of fused-ring (bicyclic) bond motifs is 1. The Hall–Kier alpha value is -3.61. The number of aromatic nitrogens is 3. The quantitative estimate of drug-likeness (QED) is 0.264. The molecule has 7 atom stereocenters. The van der Waals surface area contributed by atoms with Crippen LogP contribution in [0.4, 0.5) is 5.82 Å². The lowest BCUT2D eigenvalue weighted by atomic mass is 10.0. The molecule has 3 aromatic rings. The normalized spacial score (nSPS) is 32.6. The summed E-state index contributed by atoms with van der Waals surface area (Å²) in [4.78, 5) is 16.8. The zero-order chi connectivity index (χ0) is 30.2. The molecule has 1 aliphatic carbocycles. The molecular formula is C27H29N6O9P. The SMILES string of the molecule is C[C@H](NP(=O)(Oc1ccccc1)OC1[C@@]2(C#N)O[C@@H](c3ccc4c(N)ncnn34)[C@@H]3OC(C)(C)O[C@@]132)C(=O)OC1COC1. The summed E-state index contributed by atoms with van der Waals surface area (Å²) in [5.41, 5.74) is 3.88. The monoisotopic (exact) mass is 612 g/mol. The predicted molar refractivity (Wildman–Crippen MR) is 145 cm³/mol. The maximum absolute atomic E-state index is 14.4. The zero-order valence-electron chi connectivity index (χ0n) is 23.4. The molecule has 4 aliphatic rings. The minimum atomic E-state index is -4.40. The number of esters is 1. The van der Waals surface area contributed by atoms with Gasteiger partial charge in [-0.25, -0.2) is 14.1 Å². The van der Waals surface area contributed by atoms with Crippen LogP contribution in [-0.2, 0) is 37.6 Å². The minimum Gasteiger partial charge on any atom is -0.456 e. The van der Waals surface area contributed by atoms with Crippen LogP contribution in [0.5, 0.6) is 5.75 Å². The van der Waals surface area contributed by atoms with Crippen molar-refractivity contribution in [1.82, 2.24) is 19.7 Å². The number of nitrogens with one attached hydrogen (secondary N) is 1. The van der Waals surface area contributed by atoms with E-state index in [4.69, 9.17) is 38.5 Å². The molecule has 2 unspecified atom stereocenters. The van der Waals surface area contributed by atoms with Gasteiger partial charge in [0.05, 0.1) is 18.9 Å². The number of carbonyl (C=O) groups is 1. The molecular weight excluding hydrogens is 583 g/mol. The molecule has 4 fully saturated rings. The van der Waals surface area contributed by atoms with Crippen molar-refractivity contribution in [3.8, 4) is 11.8 Å². The standard InChI is InChI=1S/C27H29N6O9P/c1-15(23(34)37-17-11-36-12-17)32-43(35,40-16-7-5-4-6-8-16)41-24-26(13-28)27(24)21(39-25(2,3)42-27)20(38-26)18-9-10-19-22(29)30-14-31-33(18)19/h4-10,14-15,17,20-21,24H,11-12H2,1-3H3,(H,32,35)(H2,29,30,31)/t15-,20-,21-,24?,26+,27+,43?/m0/s1. The van der Waals surface area contributed by atoms with E-state index in [9.17, 15) is 14.6 Å². The molecule has 7 rings (SSSR count). The number of hydrogen-bond acceptors (Lipinski definition) is 13. The van der Waals surface area contributed by atoms with E-state index in [1.807, 2.05) is 0 Å². The van der Waals surface area contributed by atoms with Crippen molar-refractivity contribution < 1.29 is 42.1 Å². The summed E-state index contributed by atoms with van der Waals surface area (Å²) in [5, 5.41) is 17.5. The number of benzene rings is 1. The molecule has 3 aliphatic heterocycles. The number of nitrogen functional groups attached to an aromatic ring is 1. The summed E-state index contributed by atoms with van der Waals surface area (Å²) in [6.07, 6.45) is -2.03. The number of ether oxygens (including phenoxy) is 5. The first-order valence-electron chi connectivity index (χ1n) is 13.7. The molecule has 3 N–H and O–H groups in total. The Morgan fingerprint density at radius 1 is 1.23 bits per heavy atom. The summed E-state index contributed by atoms with van der Waals surface area (Å²) in [6.45, 7) is 5.43. The van der Waals surface area contributed by atoms with Gasteiger partial charge in [-0.15, -0.1) is 0 Å². The summed E-state index contributed by atoms with van der Waals surface area (Å²) < 4.78 is 57.4. The second kappa shape index (κ2) is 9.70. The average Bonchev–Trinajstić information content (AvgIpc) is 3.30. The van der Waals surface area contributed by atoms with Gasteiger partial charge in [-0.1, -0.05) is 18.2 Å². The number of anilines is 1. The summed E-state index contributed by atoms with van der Waals surface area (Å²) in [6, 6.07) is 12.9. The van der Waals surface area contributed by atoms with Gasteiger partial charge in [-0.05, 0) is 45.0 Å². The number of hydrogen-bond donors (Lipinski definition) is 2. The fraction of sp³-hybridized carbons (Fsp3) is 0.481. The van der Waals surface area contributed by atoms with E-state index >= 15 is 0 Å². The summed E-state index contributed by atoms with van der Waals surface area (Å²) in [7, 11) is -4.40. The zero-order valence-corrected chi connectivity index (χ0v) is 24.3. The van der Waals surface area contributed by atoms with E-state index in [2.05, 4.69) is 21.2 Å². The Kier molecular flexibility index (Phi) is 6.36. The lowest BCUT2D eigenvalue weighted by molar-refractivity contribution is -0.182. The Morgan fingerprint density at radius 2 is 2.00 bits per heavy atom. The Morgan fingerprint density at radius 3 is 2.70 bits per heavy atom. The molecule has 43 heavy (non-hydrogen) atoms. The van der Waals surface area contributed by atoms with Crippen molar-refractivity contribution in [2.45, 2.75) is 68.2 Å². The molecule has 0 bridgehead atoms. The van der Waals surface area contributed by atoms with Crippen molar-refractivity contribution in [2.75, 3.05) is 18.9 Å². The number of carbonyl (C=O) groups excluding carboxylic acids is 1. The number of nitrogens with zero attached hydrogens (tertiary/aromatic N) is 4. The molecule has 0 amide bonds. The first-order chi connectivity index (χ1) is 20.5. The largest absolute Gasteiger partial charge is 0.459 e. The number of nitrogens with two attached hydrogens (primary N) is 1. The fourth-order valence-electron chi connectivity index (χ4n) is 5.89. The third-order valence-corrected chi connectivity index (χ3v) is 9.51. The first-order valence-corrected chi connectivity index (χ1v) is 15.2. The van der Waals surface area contributed by atoms with E-state index in [1.54, 1.807) is 60.8 Å². The molecule has 5 heterocycles. The van der Waals surface area contributed by atoms with Crippen LogP contribution in [0.1, 0.15) is 32.6 Å². The van der Waals surface area contributed by atoms with Crippen LogP contribution in [0.2, 0.25) is 0 Å². The highest BCUT2D eigenvalue weighted by Gasteiger charge is 2.95. The maximum atomic E-state index is 14.4.